The standard InChI is InChI=1S/C56H98O23/c1-8-10-12-13-15-19-24-28-36(58)75-51-50(79-53-44(66)41(63)38(60)30(4)69-53)47(76-52-43(65)40(62)37(59)29(3)68-52)33(7)72-56(51)77-46-32(6)71-54-45(67)48(46)74-35(57)27-23-20-17-14-16-18-22-26-34(25-21-11-9-2)73-55-49(78-54)42(64)39(61)31(5)70-55/h29-34,37-56,59-67H,8-28H2,1-7H3/t29-,30-,31+,32-,33-,34-,37-,38-,39-,40+,41+,42-,43+,44+,45+,46-,47-,48-,49+,50+,51+,52-,53-,54-,55-,56-/m0/s1. The second kappa shape index (κ2) is 32.5. The van der Waals surface area contributed by atoms with Gasteiger partial charge in [-0.3, -0.25) is 9.59 Å². The fraction of sp³-hybridized carbons (Fsp3) is 0.964. The van der Waals surface area contributed by atoms with Gasteiger partial charge in [-0.2, -0.15) is 0 Å². The van der Waals surface area contributed by atoms with Crippen molar-refractivity contribution < 1.29 is 112 Å². The molecule has 23 heteroatoms. The predicted molar refractivity (Wildman–Crippen MR) is 278 cm³/mol. The Kier molecular flexibility index (Phi) is 27.2. The number of esters is 2. The van der Waals surface area contributed by atoms with Gasteiger partial charge in [0.2, 0.25) is 0 Å². The fourth-order valence-corrected chi connectivity index (χ4v) is 11.4. The Balaban J connectivity index is 1.35. The first-order valence-corrected chi connectivity index (χ1v) is 29.8. The number of carbonyl (C=O) groups is 2. The van der Waals surface area contributed by atoms with Crippen LogP contribution < -0.4 is 0 Å². The molecule has 0 spiro atoms. The Labute approximate surface area is 466 Å². The molecule has 0 amide bonds. The summed E-state index contributed by atoms with van der Waals surface area (Å²) in [5.41, 5.74) is 0. The number of fused-ring (bicyclic) bond motifs is 3. The zero-order chi connectivity index (χ0) is 57.5. The minimum absolute atomic E-state index is 0.0157. The smallest absolute Gasteiger partial charge is 0.306 e. The summed E-state index contributed by atoms with van der Waals surface area (Å²) in [5.74, 6) is -1.41. The van der Waals surface area contributed by atoms with E-state index in [0.717, 1.165) is 103 Å². The highest BCUT2D eigenvalue weighted by Gasteiger charge is 2.58. The van der Waals surface area contributed by atoms with Crippen LogP contribution in [0.15, 0.2) is 0 Å². The van der Waals surface area contributed by atoms with Gasteiger partial charge in [-0.1, -0.05) is 110 Å². The summed E-state index contributed by atoms with van der Waals surface area (Å²) in [6.45, 7) is 11.8. The minimum Gasteiger partial charge on any atom is -0.456 e. The molecule has 0 aromatic carbocycles. The lowest BCUT2D eigenvalue weighted by Gasteiger charge is -2.51. The van der Waals surface area contributed by atoms with Gasteiger partial charge in [-0.05, 0) is 60.3 Å². The van der Waals surface area contributed by atoms with E-state index in [1.807, 2.05) is 0 Å². The van der Waals surface area contributed by atoms with Gasteiger partial charge in [0.25, 0.3) is 0 Å². The monoisotopic (exact) mass is 1140 g/mol. The van der Waals surface area contributed by atoms with Crippen molar-refractivity contribution in [2.75, 3.05) is 0 Å². The van der Waals surface area contributed by atoms with Crippen molar-refractivity contribution in [2.24, 2.45) is 0 Å². The van der Waals surface area contributed by atoms with E-state index in [-0.39, 0.29) is 18.9 Å². The van der Waals surface area contributed by atoms with Gasteiger partial charge in [0.05, 0.1) is 36.6 Å². The van der Waals surface area contributed by atoms with Gasteiger partial charge < -0.3 is 103 Å². The molecule has 6 rings (SSSR count). The second-order valence-corrected chi connectivity index (χ2v) is 22.9. The molecule has 6 saturated heterocycles. The number of carbonyl (C=O) groups excluding carboxylic acids is 2. The topological polar surface area (TPSA) is 327 Å². The van der Waals surface area contributed by atoms with E-state index >= 15 is 0 Å². The van der Waals surface area contributed by atoms with Gasteiger partial charge in [-0.25, -0.2) is 0 Å². The zero-order valence-corrected chi connectivity index (χ0v) is 47.6. The van der Waals surface area contributed by atoms with Gasteiger partial charge in [0, 0.05) is 12.8 Å². The van der Waals surface area contributed by atoms with Crippen molar-refractivity contribution in [1.29, 1.82) is 0 Å². The molecule has 23 nitrogen and oxygen atoms in total. The minimum atomic E-state index is -1.88. The maximum atomic E-state index is 14.1. The van der Waals surface area contributed by atoms with Gasteiger partial charge in [-0.15, -0.1) is 0 Å². The summed E-state index contributed by atoms with van der Waals surface area (Å²) in [5, 5.41) is 101. The molecule has 0 radical (unpaired) electrons. The first kappa shape index (κ1) is 66.3. The van der Waals surface area contributed by atoms with Crippen LogP contribution in [0.5, 0.6) is 0 Å². The molecule has 79 heavy (non-hydrogen) atoms. The molecule has 9 N–H and O–H groups in total. The molecule has 6 aliphatic rings. The molecule has 0 aliphatic carbocycles. The molecule has 0 aromatic rings. The predicted octanol–water partition coefficient (Wildman–Crippen LogP) is 2.95. The van der Waals surface area contributed by atoms with Crippen molar-refractivity contribution >= 4 is 11.9 Å². The van der Waals surface area contributed by atoms with E-state index in [2.05, 4.69) is 13.8 Å². The summed E-state index contributed by atoms with van der Waals surface area (Å²) < 4.78 is 75.9. The van der Waals surface area contributed by atoms with Crippen LogP contribution in [-0.2, 0) is 66.4 Å². The average molecular weight is 1140 g/mol. The first-order valence-electron chi connectivity index (χ1n) is 29.8. The highest BCUT2D eigenvalue weighted by molar-refractivity contribution is 5.70. The average Bonchev–Trinajstić information content (AvgIpc) is 3.43. The molecular formula is C56H98O23. The van der Waals surface area contributed by atoms with Crippen molar-refractivity contribution in [3.05, 3.63) is 0 Å². The lowest BCUT2D eigenvalue weighted by Crippen LogP contribution is -2.68. The molecule has 460 valence electrons. The van der Waals surface area contributed by atoms with Crippen LogP contribution in [0.3, 0.4) is 0 Å². The number of ether oxygens (including phenoxy) is 12. The molecule has 6 fully saturated rings. The van der Waals surface area contributed by atoms with E-state index in [0.29, 0.717) is 19.3 Å². The Hall–Kier alpha value is -1.82. The second-order valence-electron chi connectivity index (χ2n) is 22.9. The highest BCUT2D eigenvalue weighted by atomic mass is 16.8. The van der Waals surface area contributed by atoms with E-state index < -0.39 is 165 Å². The largest absolute Gasteiger partial charge is 0.456 e. The van der Waals surface area contributed by atoms with Crippen LogP contribution in [0, 0.1) is 0 Å². The van der Waals surface area contributed by atoms with Crippen LogP contribution in [0.4, 0.5) is 0 Å². The number of rotatable bonds is 19. The summed E-state index contributed by atoms with van der Waals surface area (Å²) >= 11 is 0. The van der Waals surface area contributed by atoms with Crippen LogP contribution in [-0.4, -0.2) is 218 Å². The van der Waals surface area contributed by atoms with Crippen LogP contribution >= 0.6 is 0 Å². The third-order valence-corrected chi connectivity index (χ3v) is 16.4. The summed E-state index contributed by atoms with van der Waals surface area (Å²) in [6.07, 6.45) is -21.5. The normalized spacial score (nSPS) is 44.3. The maximum absolute atomic E-state index is 14.1. The van der Waals surface area contributed by atoms with Crippen LogP contribution in [0.25, 0.3) is 0 Å². The highest BCUT2D eigenvalue weighted by Crippen LogP contribution is 2.39. The summed E-state index contributed by atoms with van der Waals surface area (Å²) in [7, 11) is 0. The molecule has 6 aliphatic heterocycles. The van der Waals surface area contributed by atoms with Gasteiger partial charge in [0.15, 0.2) is 43.7 Å². The Morgan fingerprint density at radius 3 is 1.57 bits per heavy atom. The number of aliphatic hydroxyl groups is 9. The molecule has 0 aromatic heterocycles. The van der Waals surface area contributed by atoms with Crippen molar-refractivity contribution in [1.82, 2.24) is 0 Å². The van der Waals surface area contributed by atoms with Gasteiger partial charge >= 0.3 is 11.9 Å². The lowest BCUT2D eigenvalue weighted by atomic mass is 9.95. The van der Waals surface area contributed by atoms with E-state index in [9.17, 15) is 55.5 Å². The SMILES string of the molecule is CCCCCCCCCC(=O)O[C@H]1[C@H](O[C@@H]2[C@H]3OC(=O)CCCCCCCCC[C@H](CCCCC)O[C@@H]4O[C@H](C)[C@H](O)[C@H](O)[C@H]4O[C@H](O[C@H]2C)[C@@H]3O)O[C@@H](C)[C@H](O[C@@H]2O[C@@H](C)[C@H](O)[C@@H](O)[C@H]2O)[C@H]1O[C@@H]1O[C@@H](C)[C@H](O)[C@@H](O)[C@H]1O. The first-order chi connectivity index (χ1) is 37.7. The third-order valence-electron chi connectivity index (χ3n) is 16.4. The number of aliphatic hydroxyl groups excluding tert-OH is 9. The lowest BCUT2D eigenvalue weighted by molar-refractivity contribution is -0.399. The van der Waals surface area contributed by atoms with Crippen molar-refractivity contribution in [3.8, 4) is 0 Å². The van der Waals surface area contributed by atoms with E-state index in [1.54, 1.807) is 13.8 Å². The molecule has 6 heterocycles. The molecule has 2 bridgehead atoms. The Morgan fingerprint density at radius 2 is 0.937 bits per heavy atom. The van der Waals surface area contributed by atoms with E-state index in [4.69, 9.17) is 56.8 Å². The molecular weight excluding hydrogens is 1040 g/mol. The van der Waals surface area contributed by atoms with E-state index in [1.165, 1.54) is 20.8 Å². The fourth-order valence-electron chi connectivity index (χ4n) is 11.4. The molecule has 0 unspecified atom stereocenters. The van der Waals surface area contributed by atoms with Crippen molar-refractivity contribution in [2.45, 2.75) is 343 Å². The molecule has 0 saturated carbocycles. The molecule has 26 atom stereocenters. The number of hydrogen-bond donors (Lipinski definition) is 9. The quantitative estimate of drug-likeness (QED) is 0.0663. The van der Waals surface area contributed by atoms with Crippen LogP contribution in [0.1, 0.15) is 183 Å². The van der Waals surface area contributed by atoms with Crippen LogP contribution in [0.2, 0.25) is 0 Å². The van der Waals surface area contributed by atoms with Crippen molar-refractivity contribution in [3.63, 3.8) is 0 Å². The Morgan fingerprint density at radius 1 is 0.443 bits per heavy atom. The summed E-state index contributed by atoms with van der Waals surface area (Å²) in [4.78, 5) is 28.1. The number of hydrogen-bond acceptors (Lipinski definition) is 23. The summed E-state index contributed by atoms with van der Waals surface area (Å²) in [6, 6.07) is 0. The number of unbranched alkanes of at least 4 members (excludes halogenated alkanes) is 8. The van der Waals surface area contributed by atoms with Gasteiger partial charge in [0.1, 0.15) is 79.4 Å². The zero-order valence-electron chi connectivity index (χ0n) is 47.6. The Bertz CT molecular complexity index is 1770. The maximum Gasteiger partial charge on any atom is 0.306 e. The third kappa shape index (κ3) is 18.1.